The highest BCUT2D eigenvalue weighted by atomic mass is 16.3. The first kappa shape index (κ1) is 16.9. The molecule has 2 unspecified atom stereocenters. The molecule has 0 aliphatic carbocycles. The fourth-order valence-electron chi connectivity index (χ4n) is 2.88. The van der Waals surface area contributed by atoms with Crippen LogP contribution in [0.5, 0.6) is 0 Å². The van der Waals surface area contributed by atoms with Crippen LogP contribution in [0.4, 0.5) is 0 Å². The Kier molecular flexibility index (Phi) is 6.78. The molecule has 0 spiro atoms. The lowest BCUT2D eigenvalue weighted by atomic mass is 9.84. The summed E-state index contributed by atoms with van der Waals surface area (Å²) >= 11 is 0. The van der Waals surface area contributed by atoms with Crippen molar-refractivity contribution in [3.63, 3.8) is 0 Å². The Bertz CT molecular complexity index is 247. The summed E-state index contributed by atoms with van der Waals surface area (Å²) < 4.78 is 0. The van der Waals surface area contributed by atoms with Crippen LogP contribution in [-0.4, -0.2) is 48.3 Å². The topological polar surface area (TPSA) is 35.5 Å². The number of hydrogen-bond acceptors (Lipinski definition) is 3. The molecule has 1 fully saturated rings. The molecule has 1 aliphatic rings. The number of likely N-dealkylation sites (tertiary alicyclic amines) is 1. The molecule has 0 radical (unpaired) electrons. The lowest BCUT2D eigenvalue weighted by Crippen LogP contribution is -2.46. The smallest absolute Gasteiger partial charge is 0.0541 e. The maximum atomic E-state index is 9.66. The van der Waals surface area contributed by atoms with Gasteiger partial charge in [0.1, 0.15) is 0 Å². The molecule has 1 aliphatic heterocycles. The highest BCUT2D eigenvalue weighted by molar-refractivity contribution is 4.83. The van der Waals surface area contributed by atoms with E-state index >= 15 is 0 Å². The molecule has 114 valence electrons. The van der Waals surface area contributed by atoms with Crippen molar-refractivity contribution >= 4 is 0 Å². The lowest BCUT2D eigenvalue weighted by molar-refractivity contribution is 0.0541. The third-order valence-electron chi connectivity index (χ3n) is 4.71. The molecule has 0 amide bonds. The number of hydrogen-bond donors (Lipinski definition) is 2. The lowest BCUT2D eigenvalue weighted by Gasteiger charge is -2.39. The van der Waals surface area contributed by atoms with Crippen molar-refractivity contribution in [2.45, 2.75) is 66.0 Å². The van der Waals surface area contributed by atoms with Gasteiger partial charge in [0.05, 0.1) is 6.10 Å². The van der Waals surface area contributed by atoms with Gasteiger partial charge in [-0.2, -0.15) is 0 Å². The highest BCUT2D eigenvalue weighted by Crippen LogP contribution is 2.26. The maximum absolute atomic E-state index is 9.66. The van der Waals surface area contributed by atoms with Crippen LogP contribution >= 0.6 is 0 Å². The molecule has 0 aromatic carbocycles. The first-order valence-electron chi connectivity index (χ1n) is 8.00. The van der Waals surface area contributed by atoms with Crippen LogP contribution < -0.4 is 5.32 Å². The van der Waals surface area contributed by atoms with Gasteiger partial charge in [-0.3, -0.25) is 0 Å². The second kappa shape index (κ2) is 7.61. The van der Waals surface area contributed by atoms with Crippen LogP contribution in [-0.2, 0) is 0 Å². The molecule has 1 heterocycles. The molecule has 1 saturated heterocycles. The van der Waals surface area contributed by atoms with Crippen molar-refractivity contribution in [3.05, 3.63) is 0 Å². The van der Waals surface area contributed by atoms with Crippen molar-refractivity contribution < 1.29 is 5.11 Å². The Labute approximate surface area is 119 Å². The molecule has 2 atom stereocenters. The second-order valence-electron chi connectivity index (χ2n) is 7.05. The van der Waals surface area contributed by atoms with Gasteiger partial charge in [0, 0.05) is 19.1 Å². The summed E-state index contributed by atoms with van der Waals surface area (Å²) in [7, 11) is 0. The van der Waals surface area contributed by atoms with E-state index in [0.29, 0.717) is 17.4 Å². The zero-order valence-corrected chi connectivity index (χ0v) is 13.6. The Hall–Kier alpha value is -0.120. The standard InChI is InChI=1S/C16H34N2O/c1-6-16(5,11-17-13(2)3)12-18-9-7-15(8-10-18)14(4)19/h13-15,17,19H,6-12H2,1-5H3. The summed E-state index contributed by atoms with van der Waals surface area (Å²) in [6.07, 6.45) is 3.37. The predicted octanol–water partition coefficient (Wildman–Crippen LogP) is 2.49. The molecule has 0 aromatic heterocycles. The van der Waals surface area contributed by atoms with Crippen LogP contribution in [0.1, 0.15) is 53.9 Å². The first-order valence-corrected chi connectivity index (χ1v) is 8.00. The largest absolute Gasteiger partial charge is 0.393 e. The predicted molar refractivity (Wildman–Crippen MR) is 82.4 cm³/mol. The van der Waals surface area contributed by atoms with Crippen LogP contribution in [0.3, 0.4) is 0 Å². The van der Waals surface area contributed by atoms with Gasteiger partial charge in [0.15, 0.2) is 0 Å². The quantitative estimate of drug-likeness (QED) is 0.746. The van der Waals surface area contributed by atoms with Crippen LogP contribution in [0, 0.1) is 11.3 Å². The summed E-state index contributed by atoms with van der Waals surface area (Å²) in [6, 6.07) is 0.562. The molecular weight excluding hydrogens is 236 g/mol. The Balaban J connectivity index is 2.40. The van der Waals surface area contributed by atoms with Crippen molar-refractivity contribution in [2.75, 3.05) is 26.2 Å². The molecule has 2 N–H and O–H groups in total. The van der Waals surface area contributed by atoms with Crippen LogP contribution in [0.25, 0.3) is 0 Å². The number of aliphatic hydroxyl groups excluding tert-OH is 1. The van der Waals surface area contributed by atoms with Crippen molar-refractivity contribution in [1.29, 1.82) is 0 Å². The second-order valence-corrected chi connectivity index (χ2v) is 7.05. The molecule has 3 nitrogen and oxygen atoms in total. The van der Waals surface area contributed by atoms with Gasteiger partial charge in [0.25, 0.3) is 0 Å². The third kappa shape index (κ3) is 5.80. The van der Waals surface area contributed by atoms with E-state index in [4.69, 9.17) is 0 Å². The van der Waals surface area contributed by atoms with Gasteiger partial charge in [0.2, 0.25) is 0 Å². The van der Waals surface area contributed by atoms with E-state index in [-0.39, 0.29) is 6.10 Å². The Morgan fingerprint density at radius 2 is 1.84 bits per heavy atom. The van der Waals surface area contributed by atoms with E-state index in [0.717, 1.165) is 32.5 Å². The zero-order valence-electron chi connectivity index (χ0n) is 13.6. The molecule has 1 rings (SSSR count). The van der Waals surface area contributed by atoms with Crippen LogP contribution in [0.2, 0.25) is 0 Å². The zero-order chi connectivity index (χ0) is 14.5. The van der Waals surface area contributed by atoms with Gasteiger partial charge >= 0.3 is 0 Å². The molecular formula is C16H34N2O. The van der Waals surface area contributed by atoms with Gasteiger partial charge in [-0.15, -0.1) is 0 Å². The first-order chi connectivity index (χ1) is 8.86. The average molecular weight is 270 g/mol. The minimum Gasteiger partial charge on any atom is -0.393 e. The van der Waals surface area contributed by atoms with E-state index in [1.807, 2.05) is 6.92 Å². The highest BCUT2D eigenvalue weighted by Gasteiger charge is 2.29. The van der Waals surface area contributed by atoms with Gasteiger partial charge in [-0.05, 0) is 50.6 Å². The summed E-state index contributed by atoms with van der Waals surface area (Å²) in [6.45, 7) is 15.6. The van der Waals surface area contributed by atoms with E-state index in [9.17, 15) is 5.11 Å². The van der Waals surface area contributed by atoms with Gasteiger partial charge in [-0.25, -0.2) is 0 Å². The summed E-state index contributed by atoms with van der Waals surface area (Å²) in [5, 5.41) is 13.2. The molecule has 19 heavy (non-hydrogen) atoms. The van der Waals surface area contributed by atoms with E-state index in [2.05, 4.69) is 37.9 Å². The Morgan fingerprint density at radius 3 is 2.26 bits per heavy atom. The molecule has 0 bridgehead atoms. The summed E-state index contributed by atoms with van der Waals surface area (Å²) in [5.74, 6) is 0.512. The normalized spacial score (nSPS) is 23.5. The van der Waals surface area contributed by atoms with Crippen molar-refractivity contribution in [1.82, 2.24) is 10.2 Å². The maximum Gasteiger partial charge on any atom is 0.0541 e. The van der Waals surface area contributed by atoms with E-state index in [1.165, 1.54) is 13.0 Å². The molecule has 0 saturated carbocycles. The SMILES string of the molecule is CCC(C)(CNC(C)C)CN1CCC(C(C)O)CC1. The fourth-order valence-corrected chi connectivity index (χ4v) is 2.88. The summed E-state index contributed by atoms with van der Waals surface area (Å²) in [4.78, 5) is 2.59. The van der Waals surface area contributed by atoms with Gasteiger partial charge < -0.3 is 15.3 Å². The number of nitrogens with zero attached hydrogens (tertiary/aromatic N) is 1. The molecule has 0 aromatic rings. The Morgan fingerprint density at radius 1 is 1.26 bits per heavy atom. The van der Waals surface area contributed by atoms with E-state index in [1.54, 1.807) is 0 Å². The monoisotopic (exact) mass is 270 g/mol. The fraction of sp³-hybridized carbons (Fsp3) is 1.00. The minimum absolute atomic E-state index is 0.137. The van der Waals surface area contributed by atoms with Crippen molar-refractivity contribution in [3.8, 4) is 0 Å². The van der Waals surface area contributed by atoms with Gasteiger partial charge in [-0.1, -0.05) is 27.7 Å². The van der Waals surface area contributed by atoms with Crippen LogP contribution in [0.15, 0.2) is 0 Å². The number of rotatable bonds is 7. The number of piperidine rings is 1. The molecule has 3 heteroatoms. The minimum atomic E-state index is -0.137. The third-order valence-corrected chi connectivity index (χ3v) is 4.71. The van der Waals surface area contributed by atoms with E-state index < -0.39 is 0 Å². The summed E-state index contributed by atoms with van der Waals surface area (Å²) in [5.41, 5.74) is 0.363. The number of nitrogens with one attached hydrogen (secondary N) is 1. The van der Waals surface area contributed by atoms with Crippen molar-refractivity contribution in [2.24, 2.45) is 11.3 Å². The number of aliphatic hydroxyl groups is 1. The average Bonchev–Trinajstić information content (AvgIpc) is 2.37.